The van der Waals surface area contributed by atoms with E-state index in [4.69, 9.17) is 10.8 Å². The van der Waals surface area contributed by atoms with Gasteiger partial charge in [-0.05, 0) is 17.7 Å². The Hall–Kier alpha value is -4.15. The molecule has 0 fully saturated rings. The zero-order valence-corrected chi connectivity index (χ0v) is 19.3. The maximum atomic E-state index is 12.6. The molecule has 174 valence electrons. The summed E-state index contributed by atoms with van der Waals surface area (Å²) in [7, 11) is 0. The van der Waals surface area contributed by atoms with Crippen LogP contribution in [-0.4, -0.2) is 41.9 Å². The van der Waals surface area contributed by atoms with Gasteiger partial charge in [-0.3, -0.25) is 4.79 Å². The van der Waals surface area contributed by atoms with Crippen LogP contribution in [0.25, 0.3) is 32.5 Å². The molecule has 0 spiro atoms. The first-order chi connectivity index (χ1) is 17.1. The van der Waals surface area contributed by atoms with E-state index in [0.717, 1.165) is 21.3 Å². The minimum atomic E-state index is -0.501. The quantitative estimate of drug-likeness (QED) is 0.326. The number of hydrogen-bond donors (Lipinski definition) is 3. The van der Waals surface area contributed by atoms with Gasteiger partial charge in [0.05, 0.1) is 27.7 Å². The Kier molecular flexibility index (Phi) is 5.24. The number of rotatable bonds is 5. The van der Waals surface area contributed by atoms with Crippen LogP contribution < -0.4 is 11.1 Å². The normalized spacial score (nSPS) is 17.4. The minimum absolute atomic E-state index is 0.104. The standard InChI is InChI=1S/C25H21N7O2S/c26-22-20-21(31-32(23(20)29-13-28-22)16-9-10-17(33)11-16)15-7-5-14(6-8-15)12-27-24(34)25-30-18-3-1-2-4-19(18)35-25/h1-10,13,16-17,33H,11-12H2,(H,27,34)(H2,26,28,29). The zero-order valence-electron chi connectivity index (χ0n) is 18.5. The van der Waals surface area contributed by atoms with Crippen molar-refractivity contribution < 1.29 is 9.90 Å². The predicted octanol–water partition coefficient (Wildman–Crippen LogP) is 3.48. The van der Waals surface area contributed by atoms with E-state index in [9.17, 15) is 9.90 Å². The second-order valence-corrected chi connectivity index (χ2v) is 9.40. The van der Waals surface area contributed by atoms with E-state index in [2.05, 4.69) is 20.3 Å². The van der Waals surface area contributed by atoms with Gasteiger partial charge < -0.3 is 16.2 Å². The number of nitrogens with zero attached hydrogens (tertiary/aromatic N) is 5. The van der Waals surface area contributed by atoms with Crippen molar-refractivity contribution in [1.82, 2.24) is 30.0 Å². The molecule has 1 aliphatic rings. The van der Waals surface area contributed by atoms with Crippen LogP contribution in [0, 0.1) is 0 Å². The second-order valence-electron chi connectivity index (χ2n) is 8.37. The number of amides is 1. The average Bonchev–Trinajstić information content (AvgIpc) is 3.59. The van der Waals surface area contributed by atoms with Crippen LogP contribution in [0.4, 0.5) is 5.82 Å². The van der Waals surface area contributed by atoms with Gasteiger partial charge in [-0.2, -0.15) is 5.10 Å². The lowest BCUT2D eigenvalue weighted by Gasteiger charge is -2.10. The van der Waals surface area contributed by atoms with Crippen LogP contribution in [0.1, 0.15) is 27.8 Å². The summed E-state index contributed by atoms with van der Waals surface area (Å²) in [6.45, 7) is 0.375. The van der Waals surface area contributed by atoms with Crippen molar-refractivity contribution in [3.8, 4) is 11.3 Å². The molecule has 10 heteroatoms. The van der Waals surface area contributed by atoms with E-state index >= 15 is 0 Å². The van der Waals surface area contributed by atoms with Crippen molar-refractivity contribution in [3.63, 3.8) is 0 Å². The van der Waals surface area contributed by atoms with Crippen molar-refractivity contribution in [2.24, 2.45) is 0 Å². The Morgan fingerprint density at radius 3 is 2.74 bits per heavy atom. The first kappa shape index (κ1) is 21.4. The van der Waals surface area contributed by atoms with Crippen molar-refractivity contribution >= 4 is 44.3 Å². The number of para-hydroxylation sites is 1. The number of nitrogens with two attached hydrogens (primary N) is 1. The number of nitrogen functional groups attached to an aromatic ring is 1. The summed E-state index contributed by atoms with van der Waals surface area (Å²) in [6.07, 6.45) is 5.15. The molecular formula is C25H21N7O2S. The fourth-order valence-corrected chi connectivity index (χ4v) is 5.16. The Labute approximate surface area is 204 Å². The van der Waals surface area contributed by atoms with Gasteiger partial charge in [0.15, 0.2) is 10.7 Å². The number of aliphatic hydroxyl groups excluding tert-OH is 1. The third-order valence-corrected chi connectivity index (χ3v) is 7.07. The smallest absolute Gasteiger partial charge is 0.280 e. The van der Waals surface area contributed by atoms with E-state index in [0.29, 0.717) is 40.5 Å². The number of fused-ring (bicyclic) bond motifs is 2. The van der Waals surface area contributed by atoms with Crippen LogP contribution in [0.5, 0.6) is 0 Å². The zero-order chi connectivity index (χ0) is 23.9. The maximum Gasteiger partial charge on any atom is 0.280 e. The fraction of sp³-hybridized carbons (Fsp3) is 0.160. The Morgan fingerprint density at radius 1 is 1.14 bits per heavy atom. The average molecular weight is 484 g/mol. The molecule has 6 rings (SSSR count). The van der Waals surface area contributed by atoms with Crippen LogP contribution in [0.2, 0.25) is 0 Å². The lowest BCUT2D eigenvalue weighted by atomic mass is 10.1. The van der Waals surface area contributed by atoms with Gasteiger partial charge in [-0.1, -0.05) is 48.6 Å². The Morgan fingerprint density at radius 2 is 1.97 bits per heavy atom. The molecule has 3 heterocycles. The molecule has 0 saturated heterocycles. The van der Waals surface area contributed by atoms with Crippen LogP contribution in [-0.2, 0) is 6.54 Å². The van der Waals surface area contributed by atoms with Crippen LogP contribution >= 0.6 is 11.3 Å². The third kappa shape index (κ3) is 3.92. The molecule has 1 aliphatic carbocycles. The number of thiazole rings is 1. The molecule has 0 radical (unpaired) electrons. The highest BCUT2D eigenvalue weighted by molar-refractivity contribution is 7.20. The van der Waals surface area contributed by atoms with E-state index in [1.807, 2.05) is 54.6 Å². The minimum Gasteiger partial charge on any atom is -0.389 e. The number of nitrogens with one attached hydrogen (secondary N) is 1. The molecular weight excluding hydrogens is 462 g/mol. The largest absolute Gasteiger partial charge is 0.389 e. The summed E-state index contributed by atoms with van der Waals surface area (Å²) in [6, 6.07) is 15.4. The van der Waals surface area contributed by atoms with E-state index in [1.54, 1.807) is 10.8 Å². The number of allylic oxidation sites excluding steroid dienone is 1. The van der Waals surface area contributed by atoms with Crippen molar-refractivity contribution in [1.29, 1.82) is 0 Å². The number of benzene rings is 2. The summed E-state index contributed by atoms with van der Waals surface area (Å²) in [5.74, 6) is 0.155. The van der Waals surface area contributed by atoms with Crippen LogP contribution in [0.3, 0.4) is 0 Å². The first-order valence-corrected chi connectivity index (χ1v) is 12.0. The van der Waals surface area contributed by atoms with Gasteiger partial charge in [0, 0.05) is 18.5 Å². The number of carbonyl (C=O) groups excluding carboxylic acids is 1. The number of hydrogen-bond acceptors (Lipinski definition) is 8. The van der Waals surface area contributed by atoms with Crippen molar-refractivity contribution in [3.05, 3.63) is 77.6 Å². The SMILES string of the molecule is Nc1ncnc2c1c(-c1ccc(CNC(=O)c3nc4ccccc4s3)cc1)nn2C1C=CC(O)C1. The second kappa shape index (κ2) is 8.57. The molecule has 1 amide bonds. The summed E-state index contributed by atoms with van der Waals surface area (Å²) in [5.41, 5.74) is 10.1. The van der Waals surface area contributed by atoms with Crippen LogP contribution in [0.15, 0.2) is 67.0 Å². The lowest BCUT2D eigenvalue weighted by Crippen LogP contribution is -2.22. The summed E-state index contributed by atoms with van der Waals surface area (Å²) in [4.78, 5) is 25.6. The van der Waals surface area contributed by atoms with Gasteiger partial charge in [0.2, 0.25) is 0 Å². The molecule has 2 aromatic carbocycles. The summed E-state index contributed by atoms with van der Waals surface area (Å²) >= 11 is 1.38. The molecule has 0 aliphatic heterocycles. The number of aliphatic hydroxyl groups is 1. The topological polar surface area (TPSA) is 132 Å². The molecule has 9 nitrogen and oxygen atoms in total. The summed E-state index contributed by atoms with van der Waals surface area (Å²) < 4.78 is 2.78. The Bertz CT molecular complexity index is 1560. The number of carbonyl (C=O) groups is 1. The molecule has 3 aromatic heterocycles. The highest BCUT2D eigenvalue weighted by atomic mass is 32.1. The number of aromatic nitrogens is 5. The predicted molar refractivity (Wildman–Crippen MR) is 135 cm³/mol. The molecule has 35 heavy (non-hydrogen) atoms. The van der Waals surface area contributed by atoms with E-state index < -0.39 is 6.10 Å². The third-order valence-electron chi connectivity index (χ3n) is 6.04. The summed E-state index contributed by atoms with van der Waals surface area (Å²) in [5, 5.41) is 18.8. The van der Waals surface area contributed by atoms with E-state index in [-0.39, 0.29) is 11.9 Å². The van der Waals surface area contributed by atoms with Crippen molar-refractivity contribution in [2.45, 2.75) is 25.1 Å². The maximum absolute atomic E-state index is 12.6. The van der Waals surface area contributed by atoms with Gasteiger partial charge in [0.1, 0.15) is 17.8 Å². The van der Waals surface area contributed by atoms with Gasteiger partial charge >= 0.3 is 0 Å². The molecule has 2 unspecified atom stereocenters. The molecule has 4 N–H and O–H groups in total. The first-order valence-electron chi connectivity index (χ1n) is 11.1. The fourth-order valence-electron chi connectivity index (χ4n) is 4.28. The highest BCUT2D eigenvalue weighted by Crippen LogP contribution is 2.34. The monoisotopic (exact) mass is 483 g/mol. The molecule has 2 atom stereocenters. The lowest BCUT2D eigenvalue weighted by molar-refractivity contribution is 0.0950. The van der Waals surface area contributed by atoms with Gasteiger partial charge in [-0.15, -0.1) is 11.3 Å². The highest BCUT2D eigenvalue weighted by Gasteiger charge is 2.25. The van der Waals surface area contributed by atoms with Gasteiger partial charge in [0.25, 0.3) is 5.91 Å². The van der Waals surface area contributed by atoms with Gasteiger partial charge in [-0.25, -0.2) is 19.6 Å². The van der Waals surface area contributed by atoms with E-state index in [1.165, 1.54) is 17.7 Å². The van der Waals surface area contributed by atoms with Crippen molar-refractivity contribution in [2.75, 3.05) is 5.73 Å². The molecule has 0 saturated carbocycles. The molecule has 5 aromatic rings. The molecule has 0 bridgehead atoms. The number of anilines is 1. The Balaban J connectivity index is 1.24.